The summed E-state index contributed by atoms with van der Waals surface area (Å²) in [6.07, 6.45) is 0. The number of nitrogens with zero attached hydrogens (tertiary/aromatic N) is 1. The summed E-state index contributed by atoms with van der Waals surface area (Å²) in [5, 5.41) is 16.8. The van der Waals surface area contributed by atoms with Crippen molar-refractivity contribution < 1.29 is 14.5 Å². The normalized spacial score (nSPS) is 10.3. The summed E-state index contributed by atoms with van der Waals surface area (Å²) < 4.78 is 0. The van der Waals surface area contributed by atoms with Crippen LogP contribution in [0.2, 0.25) is 10.0 Å². The SMILES string of the molecule is O=C(Nc1ccccc1C(=O)NCc1ccc(Cl)cc1)c1ccc([N+](=O)[O-])cc1Cl. The maximum absolute atomic E-state index is 12.6. The molecule has 2 N–H and O–H groups in total. The molecule has 0 saturated heterocycles. The van der Waals surface area contributed by atoms with E-state index in [0.717, 1.165) is 11.6 Å². The van der Waals surface area contributed by atoms with Gasteiger partial charge in [0.2, 0.25) is 0 Å². The largest absolute Gasteiger partial charge is 0.348 e. The summed E-state index contributed by atoms with van der Waals surface area (Å²) in [5.74, 6) is -0.969. The Balaban J connectivity index is 1.74. The Kier molecular flexibility index (Phi) is 6.66. The fourth-order valence-electron chi connectivity index (χ4n) is 2.66. The van der Waals surface area contributed by atoms with Crippen LogP contribution in [0.25, 0.3) is 0 Å². The van der Waals surface area contributed by atoms with Crippen LogP contribution in [-0.4, -0.2) is 16.7 Å². The number of nitro groups is 1. The van der Waals surface area contributed by atoms with Gasteiger partial charge in [-0.15, -0.1) is 0 Å². The highest BCUT2D eigenvalue weighted by molar-refractivity contribution is 6.34. The summed E-state index contributed by atoms with van der Waals surface area (Å²) in [6.45, 7) is 0.284. The van der Waals surface area contributed by atoms with E-state index in [1.807, 2.05) is 0 Å². The minimum Gasteiger partial charge on any atom is -0.348 e. The quantitative estimate of drug-likeness (QED) is 0.409. The highest BCUT2D eigenvalue weighted by atomic mass is 35.5. The number of amides is 2. The average molecular weight is 444 g/mol. The van der Waals surface area contributed by atoms with E-state index >= 15 is 0 Å². The van der Waals surface area contributed by atoms with Crippen LogP contribution < -0.4 is 10.6 Å². The molecule has 0 aromatic heterocycles. The molecule has 0 fully saturated rings. The molecule has 0 heterocycles. The lowest BCUT2D eigenvalue weighted by Gasteiger charge is -2.12. The number of carbonyl (C=O) groups excluding carboxylic acids is 2. The Labute approximate surface area is 181 Å². The van der Waals surface area contributed by atoms with Gasteiger partial charge in [-0.05, 0) is 35.9 Å². The predicted octanol–water partition coefficient (Wildman–Crippen LogP) is 5.08. The highest BCUT2D eigenvalue weighted by Gasteiger charge is 2.18. The standard InChI is InChI=1S/C21H15Cl2N3O4/c22-14-7-5-13(6-8-14)12-24-20(27)17-3-1-2-4-19(17)25-21(28)16-10-9-15(26(29)30)11-18(16)23/h1-11H,12H2,(H,24,27)(H,25,28). The molecule has 3 aromatic carbocycles. The van der Waals surface area contributed by atoms with Crippen molar-refractivity contribution >= 4 is 46.4 Å². The Morgan fingerprint density at radius 1 is 0.900 bits per heavy atom. The average Bonchev–Trinajstić information content (AvgIpc) is 2.73. The van der Waals surface area contributed by atoms with Crippen LogP contribution in [0.5, 0.6) is 0 Å². The van der Waals surface area contributed by atoms with Crippen molar-refractivity contribution in [3.8, 4) is 0 Å². The number of non-ortho nitro benzene ring substituents is 1. The van der Waals surface area contributed by atoms with E-state index in [1.165, 1.54) is 12.1 Å². The topological polar surface area (TPSA) is 101 Å². The molecule has 0 spiro atoms. The third-order valence-corrected chi connectivity index (χ3v) is 4.76. The van der Waals surface area contributed by atoms with Crippen LogP contribution in [0.1, 0.15) is 26.3 Å². The lowest BCUT2D eigenvalue weighted by Crippen LogP contribution is -2.25. The van der Waals surface area contributed by atoms with E-state index in [2.05, 4.69) is 10.6 Å². The number of benzene rings is 3. The Morgan fingerprint density at radius 3 is 2.27 bits per heavy atom. The second-order valence-electron chi connectivity index (χ2n) is 6.23. The summed E-state index contributed by atoms with van der Waals surface area (Å²) in [4.78, 5) is 35.4. The summed E-state index contributed by atoms with van der Waals surface area (Å²) in [7, 11) is 0. The number of hydrogen-bond acceptors (Lipinski definition) is 4. The summed E-state index contributed by atoms with van der Waals surface area (Å²) in [6, 6.07) is 17.1. The monoisotopic (exact) mass is 443 g/mol. The molecule has 2 amide bonds. The molecule has 30 heavy (non-hydrogen) atoms. The number of halogens is 2. The van der Waals surface area contributed by atoms with E-state index < -0.39 is 10.8 Å². The maximum atomic E-state index is 12.6. The van der Waals surface area contributed by atoms with Crippen LogP contribution in [0, 0.1) is 10.1 Å². The molecule has 0 atom stereocenters. The molecule has 0 aliphatic carbocycles. The van der Waals surface area contributed by atoms with Crippen molar-refractivity contribution in [3.63, 3.8) is 0 Å². The predicted molar refractivity (Wildman–Crippen MR) is 115 cm³/mol. The van der Waals surface area contributed by atoms with Crippen LogP contribution >= 0.6 is 23.2 Å². The second-order valence-corrected chi connectivity index (χ2v) is 7.07. The van der Waals surface area contributed by atoms with Crippen LogP contribution in [0.15, 0.2) is 66.7 Å². The molecule has 3 rings (SSSR count). The molecule has 0 aliphatic rings. The fourth-order valence-corrected chi connectivity index (χ4v) is 3.05. The molecule has 7 nitrogen and oxygen atoms in total. The van der Waals surface area contributed by atoms with E-state index in [9.17, 15) is 19.7 Å². The van der Waals surface area contributed by atoms with Gasteiger partial charge in [-0.2, -0.15) is 0 Å². The molecule has 3 aromatic rings. The third kappa shape index (κ3) is 5.14. The molecule has 9 heteroatoms. The van der Waals surface area contributed by atoms with Gasteiger partial charge in [0.05, 0.1) is 26.8 Å². The Hall–Kier alpha value is -3.42. The molecule has 0 bridgehead atoms. The van der Waals surface area contributed by atoms with E-state index in [1.54, 1.807) is 48.5 Å². The van der Waals surface area contributed by atoms with Gasteiger partial charge in [-0.3, -0.25) is 19.7 Å². The van der Waals surface area contributed by atoms with Crippen molar-refractivity contribution in [2.24, 2.45) is 0 Å². The second kappa shape index (κ2) is 9.39. The number of hydrogen-bond donors (Lipinski definition) is 2. The zero-order chi connectivity index (χ0) is 21.7. The number of para-hydroxylation sites is 1. The van der Waals surface area contributed by atoms with Gasteiger partial charge >= 0.3 is 0 Å². The minimum atomic E-state index is -0.603. The van der Waals surface area contributed by atoms with Crippen molar-refractivity contribution in [2.45, 2.75) is 6.54 Å². The fraction of sp³-hybridized carbons (Fsp3) is 0.0476. The number of nitro benzene ring substituents is 1. The molecular weight excluding hydrogens is 429 g/mol. The first-order valence-electron chi connectivity index (χ1n) is 8.72. The number of rotatable bonds is 6. The number of anilines is 1. The smallest absolute Gasteiger partial charge is 0.270 e. The molecule has 0 aliphatic heterocycles. The van der Waals surface area contributed by atoms with Crippen molar-refractivity contribution in [1.29, 1.82) is 0 Å². The van der Waals surface area contributed by atoms with Gasteiger partial charge in [0, 0.05) is 23.7 Å². The lowest BCUT2D eigenvalue weighted by molar-refractivity contribution is -0.384. The molecule has 0 unspecified atom stereocenters. The minimum absolute atomic E-state index is 0.0543. The van der Waals surface area contributed by atoms with E-state index in [4.69, 9.17) is 23.2 Å². The molecular formula is C21H15Cl2N3O4. The zero-order valence-electron chi connectivity index (χ0n) is 15.4. The molecule has 0 saturated carbocycles. The third-order valence-electron chi connectivity index (χ3n) is 4.19. The molecule has 152 valence electrons. The van der Waals surface area contributed by atoms with Gasteiger partial charge in [-0.25, -0.2) is 0 Å². The van der Waals surface area contributed by atoms with Gasteiger partial charge in [0.1, 0.15) is 0 Å². The Bertz CT molecular complexity index is 1120. The first-order valence-corrected chi connectivity index (χ1v) is 9.47. The van der Waals surface area contributed by atoms with Gasteiger partial charge in [0.25, 0.3) is 17.5 Å². The lowest BCUT2D eigenvalue weighted by atomic mass is 10.1. The number of nitrogens with one attached hydrogen (secondary N) is 2. The van der Waals surface area contributed by atoms with Gasteiger partial charge < -0.3 is 10.6 Å². The summed E-state index contributed by atoms with van der Waals surface area (Å²) in [5.41, 5.74) is 1.24. The zero-order valence-corrected chi connectivity index (χ0v) is 16.9. The van der Waals surface area contributed by atoms with E-state index in [-0.39, 0.29) is 40.0 Å². The Morgan fingerprint density at radius 2 is 1.60 bits per heavy atom. The number of carbonyl (C=O) groups is 2. The van der Waals surface area contributed by atoms with Crippen molar-refractivity contribution in [3.05, 3.63) is 104 Å². The van der Waals surface area contributed by atoms with Crippen LogP contribution in [-0.2, 0) is 6.54 Å². The maximum Gasteiger partial charge on any atom is 0.270 e. The highest BCUT2D eigenvalue weighted by Crippen LogP contribution is 2.24. The van der Waals surface area contributed by atoms with Crippen molar-refractivity contribution in [2.75, 3.05) is 5.32 Å². The summed E-state index contributed by atoms with van der Waals surface area (Å²) >= 11 is 11.9. The first kappa shape index (κ1) is 21.3. The van der Waals surface area contributed by atoms with Crippen molar-refractivity contribution in [1.82, 2.24) is 5.32 Å². The van der Waals surface area contributed by atoms with Crippen LogP contribution in [0.3, 0.4) is 0 Å². The van der Waals surface area contributed by atoms with Gasteiger partial charge in [0.15, 0.2) is 0 Å². The van der Waals surface area contributed by atoms with Crippen LogP contribution in [0.4, 0.5) is 11.4 Å². The van der Waals surface area contributed by atoms with E-state index in [0.29, 0.717) is 5.02 Å². The van der Waals surface area contributed by atoms with Gasteiger partial charge in [-0.1, -0.05) is 47.5 Å². The molecule has 0 radical (unpaired) electrons. The first-order chi connectivity index (χ1) is 14.3.